The summed E-state index contributed by atoms with van der Waals surface area (Å²) in [4.78, 5) is 40.8. The SMILES string of the molecule is O=C(N[C@@H](Cc1cc(F)cc(F)c1)CN1C(=O)c2ccccc2C1=O)c1cc2c(s1)OCCn1ncc(Br)c1-2. The highest BCUT2D eigenvalue weighted by atomic mass is 79.9. The standard InChI is InChI=1S/C27H19BrF2N4O4S/c28-21-12-31-34-5-6-38-27-20(23(21)34)11-22(39-27)24(35)32-17(9-14-7-15(29)10-16(30)8-14)13-33-25(36)18-3-1-2-4-19(18)26(33)37/h1-4,7-8,10-12,17H,5-6,9,13H2,(H,32,35)/t17-/m0/s1. The zero-order valence-electron chi connectivity index (χ0n) is 20.1. The van der Waals surface area contributed by atoms with Crippen molar-refractivity contribution in [3.63, 3.8) is 0 Å². The summed E-state index contributed by atoms with van der Waals surface area (Å²) in [5.41, 5.74) is 2.30. The summed E-state index contributed by atoms with van der Waals surface area (Å²) in [7, 11) is 0. The molecule has 0 fully saturated rings. The van der Waals surface area contributed by atoms with Gasteiger partial charge in [0.2, 0.25) is 0 Å². The Morgan fingerprint density at radius 3 is 2.46 bits per heavy atom. The van der Waals surface area contributed by atoms with Crippen LogP contribution in [-0.2, 0) is 13.0 Å². The van der Waals surface area contributed by atoms with Crippen molar-refractivity contribution in [1.82, 2.24) is 20.0 Å². The number of nitrogens with one attached hydrogen (secondary N) is 1. The van der Waals surface area contributed by atoms with Crippen molar-refractivity contribution in [2.75, 3.05) is 13.2 Å². The van der Waals surface area contributed by atoms with Gasteiger partial charge in [0.15, 0.2) is 5.06 Å². The number of rotatable bonds is 6. The quantitative estimate of drug-likeness (QED) is 0.319. The smallest absolute Gasteiger partial charge is 0.261 e. The first-order chi connectivity index (χ1) is 18.8. The van der Waals surface area contributed by atoms with Crippen molar-refractivity contribution in [1.29, 1.82) is 0 Å². The van der Waals surface area contributed by atoms with E-state index in [1.807, 2.05) is 0 Å². The third-order valence-corrected chi connectivity index (χ3v) is 8.16. The van der Waals surface area contributed by atoms with Crippen LogP contribution in [0.5, 0.6) is 5.06 Å². The molecule has 3 amide bonds. The number of thiophene rings is 1. The average Bonchev–Trinajstić information content (AvgIpc) is 3.51. The lowest BCUT2D eigenvalue weighted by atomic mass is 10.0. The molecule has 0 radical (unpaired) electrons. The van der Waals surface area contributed by atoms with Crippen LogP contribution in [-0.4, -0.2) is 51.6 Å². The molecule has 1 atom stereocenters. The largest absolute Gasteiger partial charge is 0.481 e. The van der Waals surface area contributed by atoms with E-state index in [4.69, 9.17) is 4.74 Å². The van der Waals surface area contributed by atoms with Crippen LogP contribution in [0.15, 0.2) is 59.2 Å². The molecule has 0 aliphatic carbocycles. The van der Waals surface area contributed by atoms with Crippen molar-refractivity contribution >= 4 is 45.0 Å². The van der Waals surface area contributed by atoms with E-state index in [0.717, 1.165) is 44.6 Å². The molecule has 2 aliphatic heterocycles. The van der Waals surface area contributed by atoms with Crippen LogP contribution in [0.1, 0.15) is 36.0 Å². The van der Waals surface area contributed by atoms with Gasteiger partial charge in [0.05, 0.1) is 50.5 Å². The maximum absolute atomic E-state index is 13.9. The molecule has 0 spiro atoms. The Labute approximate surface area is 233 Å². The summed E-state index contributed by atoms with van der Waals surface area (Å²) < 4.78 is 36.3. The number of carbonyl (C=O) groups is 3. The van der Waals surface area contributed by atoms with Crippen LogP contribution in [0.3, 0.4) is 0 Å². The molecule has 6 rings (SSSR count). The average molecular weight is 613 g/mol. The molecular formula is C27H19BrF2N4O4S. The van der Waals surface area contributed by atoms with Crippen LogP contribution < -0.4 is 10.1 Å². The van der Waals surface area contributed by atoms with E-state index in [2.05, 4.69) is 26.3 Å². The molecule has 0 unspecified atom stereocenters. The number of carbonyl (C=O) groups excluding carboxylic acids is 3. The number of hydrogen-bond donors (Lipinski definition) is 1. The minimum atomic E-state index is -0.832. The van der Waals surface area contributed by atoms with E-state index in [1.165, 1.54) is 0 Å². The molecule has 198 valence electrons. The van der Waals surface area contributed by atoms with E-state index < -0.39 is 35.4 Å². The van der Waals surface area contributed by atoms with Gasteiger partial charge in [0.25, 0.3) is 17.7 Å². The van der Waals surface area contributed by atoms with E-state index in [0.29, 0.717) is 28.7 Å². The van der Waals surface area contributed by atoms with Crippen LogP contribution in [0.4, 0.5) is 8.78 Å². The fourth-order valence-corrected chi connectivity index (χ4v) is 6.29. The molecule has 8 nitrogen and oxygen atoms in total. The lowest BCUT2D eigenvalue weighted by molar-refractivity contribution is 0.0629. The molecule has 12 heteroatoms. The molecule has 2 aromatic carbocycles. The Balaban J connectivity index is 1.29. The van der Waals surface area contributed by atoms with Crippen molar-refractivity contribution in [2.45, 2.75) is 19.0 Å². The summed E-state index contributed by atoms with van der Waals surface area (Å²) in [6, 6.07) is 10.4. The number of aromatic nitrogens is 2. The zero-order chi connectivity index (χ0) is 27.3. The summed E-state index contributed by atoms with van der Waals surface area (Å²) in [6.07, 6.45) is 1.66. The number of nitrogens with zero attached hydrogens (tertiary/aromatic N) is 3. The summed E-state index contributed by atoms with van der Waals surface area (Å²) in [5, 5.41) is 7.75. The molecule has 0 saturated heterocycles. The first-order valence-electron chi connectivity index (χ1n) is 12.0. The highest BCUT2D eigenvalue weighted by Crippen LogP contribution is 2.42. The minimum Gasteiger partial charge on any atom is -0.481 e. The minimum absolute atomic E-state index is 0.0201. The first-order valence-corrected chi connectivity index (χ1v) is 13.6. The molecule has 2 aliphatic rings. The Morgan fingerprint density at radius 1 is 1.08 bits per heavy atom. The van der Waals surface area contributed by atoms with Gasteiger partial charge in [-0.1, -0.05) is 23.5 Å². The fourth-order valence-electron chi connectivity index (χ4n) is 4.84. The van der Waals surface area contributed by atoms with Crippen molar-refractivity contribution in [3.05, 3.63) is 92.4 Å². The summed E-state index contributed by atoms with van der Waals surface area (Å²) in [5.74, 6) is -2.99. The molecule has 1 N–H and O–H groups in total. The molecule has 4 aromatic rings. The topological polar surface area (TPSA) is 93.5 Å². The van der Waals surface area contributed by atoms with Gasteiger partial charge < -0.3 is 10.1 Å². The normalized spacial score (nSPS) is 14.8. The van der Waals surface area contributed by atoms with E-state index in [1.54, 1.807) is 41.2 Å². The second-order valence-corrected chi connectivity index (χ2v) is 11.0. The lowest BCUT2D eigenvalue weighted by Crippen LogP contribution is -2.46. The van der Waals surface area contributed by atoms with Gasteiger partial charge in [-0.25, -0.2) is 8.78 Å². The number of hydrogen-bond acceptors (Lipinski definition) is 6. The van der Waals surface area contributed by atoms with Gasteiger partial charge in [-0.15, -0.1) is 0 Å². The molecule has 2 aromatic heterocycles. The Bertz CT molecular complexity index is 1600. The molecule has 4 heterocycles. The van der Waals surface area contributed by atoms with Gasteiger partial charge in [0.1, 0.15) is 18.2 Å². The molecule has 39 heavy (non-hydrogen) atoms. The highest BCUT2D eigenvalue weighted by Gasteiger charge is 2.37. The fraction of sp³-hybridized carbons (Fsp3) is 0.185. The van der Waals surface area contributed by atoms with Gasteiger partial charge >= 0.3 is 0 Å². The monoisotopic (exact) mass is 612 g/mol. The molecule has 0 saturated carbocycles. The van der Waals surface area contributed by atoms with Gasteiger partial charge in [0, 0.05) is 12.6 Å². The number of ether oxygens (including phenoxy) is 1. The predicted molar refractivity (Wildman–Crippen MR) is 142 cm³/mol. The maximum Gasteiger partial charge on any atom is 0.261 e. The maximum atomic E-state index is 13.9. The number of fused-ring (bicyclic) bond motifs is 4. The van der Waals surface area contributed by atoms with Crippen molar-refractivity contribution in [2.24, 2.45) is 0 Å². The molecule has 0 bridgehead atoms. The summed E-state index contributed by atoms with van der Waals surface area (Å²) in [6.45, 7) is 0.746. The second-order valence-electron chi connectivity index (χ2n) is 9.14. The lowest BCUT2D eigenvalue weighted by Gasteiger charge is -2.24. The first kappa shape index (κ1) is 25.4. The van der Waals surface area contributed by atoms with E-state index in [9.17, 15) is 23.2 Å². The van der Waals surface area contributed by atoms with Crippen LogP contribution in [0, 0.1) is 11.6 Å². The van der Waals surface area contributed by atoms with E-state index >= 15 is 0 Å². The third-order valence-electron chi connectivity index (χ3n) is 6.53. The number of amides is 3. The van der Waals surface area contributed by atoms with Crippen LogP contribution >= 0.6 is 27.3 Å². The van der Waals surface area contributed by atoms with E-state index in [-0.39, 0.29) is 29.7 Å². The van der Waals surface area contributed by atoms with Crippen LogP contribution in [0.2, 0.25) is 0 Å². The second kappa shape index (κ2) is 10.0. The number of imide groups is 1. The zero-order valence-corrected chi connectivity index (χ0v) is 22.5. The van der Waals surface area contributed by atoms with Gasteiger partial charge in [-0.2, -0.15) is 5.10 Å². The Morgan fingerprint density at radius 2 is 1.77 bits per heavy atom. The Kier molecular flexibility index (Phi) is 6.51. The van der Waals surface area contributed by atoms with Crippen molar-refractivity contribution in [3.8, 4) is 16.3 Å². The van der Waals surface area contributed by atoms with Gasteiger partial charge in [-0.3, -0.25) is 24.0 Å². The Hall–Kier alpha value is -3.90. The van der Waals surface area contributed by atoms with Crippen molar-refractivity contribution < 1.29 is 27.9 Å². The van der Waals surface area contributed by atoms with Gasteiger partial charge in [-0.05, 0) is 58.2 Å². The summed E-state index contributed by atoms with van der Waals surface area (Å²) >= 11 is 4.65. The predicted octanol–water partition coefficient (Wildman–Crippen LogP) is 4.68. The number of benzene rings is 2. The third kappa shape index (κ3) is 4.74. The molecular weight excluding hydrogens is 594 g/mol. The van der Waals surface area contributed by atoms with Crippen LogP contribution in [0.25, 0.3) is 11.3 Å². The highest BCUT2D eigenvalue weighted by molar-refractivity contribution is 9.10. The number of halogens is 3.